The van der Waals surface area contributed by atoms with Crippen LogP contribution in [0.3, 0.4) is 0 Å². The van der Waals surface area contributed by atoms with Crippen LogP contribution >= 0.6 is 15.9 Å². The first kappa shape index (κ1) is 14.6. The van der Waals surface area contributed by atoms with Crippen LogP contribution in [0.5, 0.6) is 0 Å². The van der Waals surface area contributed by atoms with E-state index in [0.29, 0.717) is 10.5 Å². The zero-order valence-electron chi connectivity index (χ0n) is 11.1. The largest absolute Gasteiger partial charge is 0.611 e. The average molecular weight is 363 g/mol. The Bertz CT molecular complexity index is 791. The molecule has 0 fully saturated rings. The Morgan fingerprint density at radius 1 is 0.952 bits per heavy atom. The normalized spacial score (nSPS) is 12.5. The summed E-state index contributed by atoms with van der Waals surface area (Å²) in [5.41, 5.74) is 0.478. The van der Waals surface area contributed by atoms with Crippen molar-refractivity contribution in [2.45, 2.75) is 10.6 Å². The molecule has 106 valence electrons. The van der Waals surface area contributed by atoms with Crippen LogP contribution in [0, 0.1) is 5.82 Å². The van der Waals surface area contributed by atoms with Crippen LogP contribution in [0.2, 0.25) is 0 Å². The maximum absolute atomic E-state index is 13.6. The Kier molecular flexibility index (Phi) is 4.29. The molecule has 1 nitrogen and oxygen atoms in total. The summed E-state index contributed by atoms with van der Waals surface area (Å²) >= 11 is 2.17. The van der Waals surface area contributed by atoms with Crippen molar-refractivity contribution in [3.8, 4) is 0 Å². The SMILES string of the molecule is [O-][S+](Cc1ccccc1F)c1ccc2cc(Br)ccc2c1. The molecule has 0 saturated carbocycles. The van der Waals surface area contributed by atoms with Crippen molar-refractivity contribution >= 4 is 37.9 Å². The van der Waals surface area contributed by atoms with E-state index in [1.807, 2.05) is 36.4 Å². The highest BCUT2D eigenvalue weighted by Crippen LogP contribution is 2.25. The summed E-state index contributed by atoms with van der Waals surface area (Å²) < 4.78 is 27.0. The number of benzene rings is 3. The predicted molar refractivity (Wildman–Crippen MR) is 88.2 cm³/mol. The summed E-state index contributed by atoms with van der Waals surface area (Å²) in [6, 6.07) is 18.1. The van der Waals surface area contributed by atoms with Crippen LogP contribution in [0.15, 0.2) is 70.0 Å². The van der Waals surface area contributed by atoms with Crippen LogP contribution in [0.4, 0.5) is 4.39 Å². The Hall–Kier alpha value is -1.36. The third kappa shape index (κ3) is 3.28. The van der Waals surface area contributed by atoms with Crippen LogP contribution in [-0.2, 0) is 16.9 Å². The fourth-order valence-corrected chi connectivity index (χ4v) is 3.72. The zero-order chi connectivity index (χ0) is 14.8. The van der Waals surface area contributed by atoms with Gasteiger partial charge in [-0.2, -0.15) is 0 Å². The lowest BCUT2D eigenvalue weighted by atomic mass is 10.1. The van der Waals surface area contributed by atoms with Crippen molar-refractivity contribution < 1.29 is 8.94 Å². The fraction of sp³-hybridized carbons (Fsp3) is 0.0588. The minimum absolute atomic E-state index is 0.189. The van der Waals surface area contributed by atoms with Gasteiger partial charge in [0, 0.05) is 16.1 Å². The molecule has 0 aliphatic carbocycles. The molecule has 4 heteroatoms. The topological polar surface area (TPSA) is 23.1 Å². The summed E-state index contributed by atoms with van der Waals surface area (Å²) in [6.07, 6.45) is 0. The minimum Gasteiger partial charge on any atom is -0.611 e. The lowest BCUT2D eigenvalue weighted by Crippen LogP contribution is -2.06. The van der Waals surface area contributed by atoms with Crippen molar-refractivity contribution in [1.29, 1.82) is 0 Å². The van der Waals surface area contributed by atoms with E-state index >= 15 is 0 Å². The Morgan fingerprint density at radius 3 is 2.48 bits per heavy atom. The number of hydrogen-bond acceptors (Lipinski definition) is 1. The van der Waals surface area contributed by atoms with E-state index in [0.717, 1.165) is 15.2 Å². The molecule has 0 spiro atoms. The standard InChI is InChI=1S/C17H12BrFOS/c18-15-7-5-13-10-16(8-6-12(13)9-15)21(20)11-14-3-1-2-4-17(14)19/h1-10H,11H2. The summed E-state index contributed by atoms with van der Waals surface area (Å²) in [5.74, 6) is -0.120. The molecular formula is C17H12BrFOS. The maximum Gasteiger partial charge on any atom is 0.153 e. The quantitative estimate of drug-likeness (QED) is 0.598. The van der Waals surface area contributed by atoms with Crippen molar-refractivity contribution in [3.63, 3.8) is 0 Å². The van der Waals surface area contributed by atoms with E-state index in [4.69, 9.17) is 0 Å². The molecule has 0 amide bonds. The minimum atomic E-state index is -1.26. The second-order valence-corrected chi connectivity index (χ2v) is 7.10. The predicted octanol–water partition coefficient (Wildman–Crippen LogP) is 5.05. The number of rotatable bonds is 3. The molecule has 0 bridgehead atoms. The highest BCUT2D eigenvalue weighted by atomic mass is 79.9. The number of hydrogen-bond donors (Lipinski definition) is 0. The lowest BCUT2D eigenvalue weighted by Gasteiger charge is -2.12. The van der Waals surface area contributed by atoms with E-state index in [-0.39, 0.29) is 11.6 Å². The van der Waals surface area contributed by atoms with Crippen molar-refractivity contribution in [1.82, 2.24) is 0 Å². The van der Waals surface area contributed by atoms with Crippen molar-refractivity contribution in [2.24, 2.45) is 0 Å². The summed E-state index contributed by atoms with van der Waals surface area (Å²) in [4.78, 5) is 0.716. The molecular weight excluding hydrogens is 351 g/mol. The van der Waals surface area contributed by atoms with Gasteiger partial charge in [0.05, 0.1) is 0 Å². The van der Waals surface area contributed by atoms with Gasteiger partial charge in [-0.1, -0.05) is 40.2 Å². The maximum atomic E-state index is 13.6. The molecule has 0 aliphatic heterocycles. The van der Waals surface area contributed by atoms with Gasteiger partial charge in [-0.05, 0) is 52.3 Å². The molecule has 3 aromatic carbocycles. The fourth-order valence-electron chi connectivity index (χ4n) is 2.18. The zero-order valence-corrected chi connectivity index (χ0v) is 13.5. The Morgan fingerprint density at radius 2 is 1.67 bits per heavy atom. The van der Waals surface area contributed by atoms with E-state index in [2.05, 4.69) is 15.9 Å². The number of halogens is 2. The van der Waals surface area contributed by atoms with Gasteiger partial charge in [0.2, 0.25) is 0 Å². The van der Waals surface area contributed by atoms with Gasteiger partial charge in [0.1, 0.15) is 11.6 Å². The molecule has 0 heterocycles. The lowest BCUT2D eigenvalue weighted by molar-refractivity contribution is 0.586. The van der Waals surface area contributed by atoms with Gasteiger partial charge in [-0.25, -0.2) is 4.39 Å². The van der Waals surface area contributed by atoms with E-state index in [1.165, 1.54) is 6.07 Å². The molecule has 0 radical (unpaired) electrons. The summed E-state index contributed by atoms with van der Waals surface area (Å²) in [7, 11) is 0. The number of fused-ring (bicyclic) bond motifs is 1. The van der Waals surface area contributed by atoms with E-state index in [9.17, 15) is 8.94 Å². The Balaban J connectivity index is 1.89. The van der Waals surface area contributed by atoms with Crippen molar-refractivity contribution in [3.05, 3.63) is 76.5 Å². The molecule has 0 aromatic heterocycles. The first-order chi connectivity index (χ1) is 10.1. The molecule has 3 aromatic rings. The van der Waals surface area contributed by atoms with Gasteiger partial charge < -0.3 is 4.55 Å². The van der Waals surface area contributed by atoms with Gasteiger partial charge in [-0.3, -0.25) is 0 Å². The summed E-state index contributed by atoms with van der Waals surface area (Å²) in [5, 5.41) is 2.11. The van der Waals surface area contributed by atoms with Crippen LogP contribution < -0.4 is 0 Å². The average Bonchev–Trinajstić information content (AvgIpc) is 2.49. The monoisotopic (exact) mass is 362 g/mol. The van der Waals surface area contributed by atoms with E-state index in [1.54, 1.807) is 18.2 Å². The molecule has 0 aliphatic rings. The molecule has 0 saturated heterocycles. The second-order valence-electron chi connectivity index (χ2n) is 4.73. The van der Waals surface area contributed by atoms with Gasteiger partial charge >= 0.3 is 0 Å². The molecule has 21 heavy (non-hydrogen) atoms. The van der Waals surface area contributed by atoms with Gasteiger partial charge in [-0.15, -0.1) is 0 Å². The van der Waals surface area contributed by atoms with Gasteiger partial charge in [0.15, 0.2) is 4.90 Å². The molecule has 3 rings (SSSR count). The summed E-state index contributed by atoms with van der Waals surface area (Å²) in [6.45, 7) is 0. The molecule has 0 N–H and O–H groups in total. The molecule has 1 unspecified atom stereocenters. The smallest absolute Gasteiger partial charge is 0.153 e. The third-order valence-electron chi connectivity index (χ3n) is 3.28. The second kappa shape index (κ2) is 6.18. The van der Waals surface area contributed by atoms with Gasteiger partial charge in [0.25, 0.3) is 0 Å². The van der Waals surface area contributed by atoms with E-state index < -0.39 is 11.2 Å². The van der Waals surface area contributed by atoms with Crippen LogP contribution in [0.25, 0.3) is 10.8 Å². The van der Waals surface area contributed by atoms with Crippen LogP contribution in [0.1, 0.15) is 5.56 Å². The first-order valence-electron chi connectivity index (χ1n) is 6.44. The first-order valence-corrected chi connectivity index (χ1v) is 8.56. The van der Waals surface area contributed by atoms with Crippen molar-refractivity contribution in [2.75, 3.05) is 0 Å². The Labute approximate surface area is 134 Å². The van der Waals surface area contributed by atoms with Crippen LogP contribution in [-0.4, -0.2) is 4.55 Å². The highest BCUT2D eigenvalue weighted by molar-refractivity contribution is 9.10. The third-order valence-corrected chi connectivity index (χ3v) is 5.13. The highest BCUT2D eigenvalue weighted by Gasteiger charge is 2.15. The molecule has 1 atom stereocenters.